The molecular formula is C11H18N4O2. The van der Waals surface area contributed by atoms with Crippen LogP contribution in [-0.2, 0) is 0 Å². The summed E-state index contributed by atoms with van der Waals surface area (Å²) in [5, 5.41) is 10.1. The number of nitrogens with two attached hydrogens (primary N) is 1. The van der Waals surface area contributed by atoms with Crippen molar-refractivity contribution in [2.45, 2.75) is 24.9 Å². The summed E-state index contributed by atoms with van der Waals surface area (Å²) in [6.07, 6.45) is 4.14. The Morgan fingerprint density at radius 2 is 2.24 bits per heavy atom. The molecule has 0 aliphatic heterocycles. The Bertz CT molecular complexity index is 406. The van der Waals surface area contributed by atoms with E-state index in [2.05, 4.69) is 9.97 Å². The van der Waals surface area contributed by atoms with Crippen LogP contribution < -0.4 is 15.4 Å². The van der Waals surface area contributed by atoms with Crippen molar-refractivity contribution in [3.8, 4) is 5.75 Å². The van der Waals surface area contributed by atoms with Crippen molar-refractivity contribution in [3.05, 3.63) is 6.33 Å². The van der Waals surface area contributed by atoms with Crippen LogP contribution in [0.25, 0.3) is 0 Å². The smallest absolute Gasteiger partial charge is 0.204 e. The fourth-order valence-corrected chi connectivity index (χ4v) is 2.10. The standard InChI is InChI=1S/C11H18N4O2/c1-15(6-11(16)4-3-5-11)10-8(17-2)9(12)13-7-14-10/h7,16H,3-6H2,1-2H3,(H2,12,13,14). The number of aliphatic hydroxyl groups is 1. The summed E-state index contributed by atoms with van der Waals surface area (Å²) in [5.74, 6) is 1.38. The lowest BCUT2D eigenvalue weighted by Crippen LogP contribution is -2.47. The van der Waals surface area contributed by atoms with Crippen molar-refractivity contribution < 1.29 is 9.84 Å². The van der Waals surface area contributed by atoms with Crippen LogP contribution in [0.3, 0.4) is 0 Å². The second kappa shape index (κ2) is 4.37. The minimum Gasteiger partial charge on any atom is -0.490 e. The molecule has 6 nitrogen and oxygen atoms in total. The third-order valence-corrected chi connectivity index (χ3v) is 3.19. The van der Waals surface area contributed by atoms with Gasteiger partial charge in [0.25, 0.3) is 0 Å². The predicted octanol–water partition coefficient (Wildman–Crippen LogP) is 0.419. The molecule has 2 rings (SSSR count). The maximum Gasteiger partial charge on any atom is 0.204 e. The van der Waals surface area contributed by atoms with Crippen molar-refractivity contribution in [2.24, 2.45) is 0 Å². The zero-order valence-electron chi connectivity index (χ0n) is 10.2. The van der Waals surface area contributed by atoms with Gasteiger partial charge < -0.3 is 20.5 Å². The van der Waals surface area contributed by atoms with Crippen LogP contribution >= 0.6 is 0 Å². The second-order valence-electron chi connectivity index (χ2n) is 4.55. The molecule has 0 bridgehead atoms. The van der Waals surface area contributed by atoms with E-state index in [1.54, 1.807) is 0 Å². The maximum atomic E-state index is 10.1. The topological polar surface area (TPSA) is 84.5 Å². The Morgan fingerprint density at radius 1 is 1.53 bits per heavy atom. The van der Waals surface area contributed by atoms with E-state index in [0.717, 1.165) is 19.3 Å². The molecule has 0 saturated heterocycles. The Morgan fingerprint density at radius 3 is 2.76 bits per heavy atom. The van der Waals surface area contributed by atoms with E-state index in [9.17, 15) is 5.11 Å². The molecule has 1 saturated carbocycles. The van der Waals surface area contributed by atoms with E-state index in [1.165, 1.54) is 13.4 Å². The van der Waals surface area contributed by atoms with E-state index >= 15 is 0 Å². The molecule has 94 valence electrons. The van der Waals surface area contributed by atoms with Gasteiger partial charge in [0, 0.05) is 13.6 Å². The van der Waals surface area contributed by atoms with Gasteiger partial charge in [0.2, 0.25) is 5.75 Å². The molecule has 1 aliphatic carbocycles. The SMILES string of the molecule is COc1c(N)ncnc1N(C)CC1(O)CCC1. The van der Waals surface area contributed by atoms with Crippen molar-refractivity contribution in [1.29, 1.82) is 0 Å². The van der Waals surface area contributed by atoms with Crippen LogP contribution in [0, 0.1) is 0 Å². The van der Waals surface area contributed by atoms with Gasteiger partial charge in [0.05, 0.1) is 12.7 Å². The van der Waals surface area contributed by atoms with E-state index < -0.39 is 5.60 Å². The Labute approximate surface area is 100 Å². The summed E-state index contributed by atoms with van der Waals surface area (Å²) in [6.45, 7) is 0.528. The summed E-state index contributed by atoms with van der Waals surface area (Å²) in [7, 11) is 3.39. The second-order valence-corrected chi connectivity index (χ2v) is 4.55. The highest BCUT2D eigenvalue weighted by molar-refractivity contribution is 5.62. The van der Waals surface area contributed by atoms with Crippen LogP contribution in [0.4, 0.5) is 11.6 Å². The third kappa shape index (κ3) is 2.26. The van der Waals surface area contributed by atoms with Crippen molar-refractivity contribution in [3.63, 3.8) is 0 Å². The quantitative estimate of drug-likeness (QED) is 0.790. The molecule has 1 aliphatic rings. The van der Waals surface area contributed by atoms with Crippen LogP contribution in [0.5, 0.6) is 5.75 Å². The van der Waals surface area contributed by atoms with Gasteiger partial charge in [-0.15, -0.1) is 0 Å². The summed E-state index contributed by atoms with van der Waals surface area (Å²) in [6, 6.07) is 0. The normalized spacial score (nSPS) is 17.4. The number of hydrogen-bond acceptors (Lipinski definition) is 6. The van der Waals surface area contributed by atoms with Gasteiger partial charge in [-0.1, -0.05) is 0 Å². The number of nitrogens with zero attached hydrogens (tertiary/aromatic N) is 3. The highest BCUT2D eigenvalue weighted by Crippen LogP contribution is 2.35. The van der Waals surface area contributed by atoms with Crippen molar-refractivity contribution >= 4 is 11.6 Å². The van der Waals surface area contributed by atoms with E-state index in [4.69, 9.17) is 10.5 Å². The van der Waals surface area contributed by atoms with Gasteiger partial charge in [-0.05, 0) is 19.3 Å². The van der Waals surface area contributed by atoms with Crippen molar-refractivity contribution in [2.75, 3.05) is 31.3 Å². The largest absolute Gasteiger partial charge is 0.490 e. The molecule has 0 radical (unpaired) electrons. The Hall–Kier alpha value is -1.56. The Kier molecular flexibility index (Phi) is 3.06. The lowest BCUT2D eigenvalue weighted by molar-refractivity contribution is -0.0248. The fraction of sp³-hybridized carbons (Fsp3) is 0.636. The molecule has 0 spiro atoms. The van der Waals surface area contributed by atoms with Crippen LogP contribution in [-0.4, -0.2) is 41.4 Å². The minimum atomic E-state index is -0.598. The zero-order valence-corrected chi connectivity index (χ0v) is 10.2. The van der Waals surface area contributed by atoms with Gasteiger partial charge in [-0.2, -0.15) is 0 Å². The molecule has 6 heteroatoms. The van der Waals surface area contributed by atoms with Gasteiger partial charge in [0.1, 0.15) is 6.33 Å². The number of rotatable bonds is 4. The van der Waals surface area contributed by atoms with E-state index in [1.807, 2.05) is 11.9 Å². The molecule has 0 unspecified atom stereocenters. The summed E-state index contributed by atoms with van der Waals surface area (Å²) in [5.41, 5.74) is 5.12. The number of methoxy groups -OCH3 is 1. The van der Waals surface area contributed by atoms with Crippen LogP contribution in [0.1, 0.15) is 19.3 Å². The number of likely N-dealkylation sites (N-methyl/N-ethyl adjacent to an activating group) is 1. The first kappa shape index (κ1) is 11.9. The van der Waals surface area contributed by atoms with E-state index in [0.29, 0.717) is 23.9 Å². The van der Waals surface area contributed by atoms with Crippen LogP contribution in [0.15, 0.2) is 6.33 Å². The molecule has 0 amide bonds. The number of ether oxygens (including phenoxy) is 1. The number of aromatic nitrogens is 2. The molecule has 1 aromatic rings. The van der Waals surface area contributed by atoms with Gasteiger partial charge in [-0.3, -0.25) is 0 Å². The highest BCUT2D eigenvalue weighted by atomic mass is 16.5. The molecular weight excluding hydrogens is 220 g/mol. The molecule has 0 aromatic carbocycles. The molecule has 1 heterocycles. The maximum absolute atomic E-state index is 10.1. The van der Waals surface area contributed by atoms with E-state index in [-0.39, 0.29) is 0 Å². The van der Waals surface area contributed by atoms with Gasteiger partial charge in [-0.25, -0.2) is 9.97 Å². The first-order chi connectivity index (χ1) is 8.06. The average Bonchev–Trinajstić information content (AvgIpc) is 2.26. The first-order valence-corrected chi connectivity index (χ1v) is 5.64. The lowest BCUT2D eigenvalue weighted by Gasteiger charge is -2.39. The van der Waals surface area contributed by atoms with Gasteiger partial charge >= 0.3 is 0 Å². The third-order valence-electron chi connectivity index (χ3n) is 3.19. The van der Waals surface area contributed by atoms with Crippen molar-refractivity contribution in [1.82, 2.24) is 9.97 Å². The highest BCUT2D eigenvalue weighted by Gasteiger charge is 2.36. The number of nitrogen functional groups attached to an aromatic ring is 1. The predicted molar refractivity (Wildman–Crippen MR) is 65.1 cm³/mol. The number of hydrogen-bond donors (Lipinski definition) is 2. The molecule has 17 heavy (non-hydrogen) atoms. The first-order valence-electron chi connectivity index (χ1n) is 5.64. The monoisotopic (exact) mass is 238 g/mol. The lowest BCUT2D eigenvalue weighted by atomic mass is 9.80. The summed E-state index contributed by atoms with van der Waals surface area (Å²) < 4.78 is 5.19. The average molecular weight is 238 g/mol. The molecule has 0 atom stereocenters. The van der Waals surface area contributed by atoms with Gasteiger partial charge in [0.15, 0.2) is 11.6 Å². The minimum absolute atomic E-state index is 0.310. The zero-order chi connectivity index (χ0) is 12.5. The van der Waals surface area contributed by atoms with Crippen LogP contribution in [0.2, 0.25) is 0 Å². The molecule has 3 N–H and O–H groups in total. The number of anilines is 2. The summed E-state index contributed by atoms with van der Waals surface area (Å²) in [4.78, 5) is 9.88. The molecule has 1 fully saturated rings. The molecule has 1 aromatic heterocycles. The summed E-state index contributed by atoms with van der Waals surface area (Å²) >= 11 is 0. The Balaban J connectivity index is 2.18. The fourth-order valence-electron chi connectivity index (χ4n) is 2.10.